The van der Waals surface area contributed by atoms with Crippen molar-refractivity contribution in [1.29, 1.82) is 0 Å². The summed E-state index contributed by atoms with van der Waals surface area (Å²) in [7, 11) is 3.16. The number of carbonyl (C=O) groups is 2. The van der Waals surface area contributed by atoms with Crippen LogP contribution in [0.4, 0.5) is 11.4 Å². The number of amides is 2. The highest BCUT2D eigenvalue weighted by Gasteiger charge is 2.21. The lowest BCUT2D eigenvalue weighted by Crippen LogP contribution is -2.45. The Hall–Kier alpha value is -4.88. The summed E-state index contributed by atoms with van der Waals surface area (Å²) < 4.78 is 21.5. The molecule has 2 aliphatic rings. The number of hydrogen-bond donors (Lipinski definition) is 4. The number of nitrogens with one attached hydrogen (secondary N) is 4. The van der Waals surface area contributed by atoms with E-state index in [1.54, 1.807) is 38.7 Å². The molecule has 0 aliphatic carbocycles. The molecule has 0 radical (unpaired) electrons. The van der Waals surface area contributed by atoms with Gasteiger partial charge in [-0.2, -0.15) is 0 Å². The maximum atomic E-state index is 13.3. The molecule has 2 fully saturated rings. The summed E-state index contributed by atoms with van der Waals surface area (Å²) in [6.07, 6.45) is 3.33. The van der Waals surface area contributed by atoms with E-state index in [1.165, 1.54) is 0 Å². The van der Waals surface area contributed by atoms with Crippen molar-refractivity contribution in [1.82, 2.24) is 20.6 Å². The van der Waals surface area contributed by atoms with Crippen LogP contribution < -0.4 is 30.7 Å². The van der Waals surface area contributed by atoms with E-state index in [1.807, 2.05) is 50.2 Å². The van der Waals surface area contributed by atoms with Crippen molar-refractivity contribution in [2.75, 3.05) is 51.3 Å². The van der Waals surface area contributed by atoms with Crippen molar-refractivity contribution >= 4 is 23.2 Å². The first kappa shape index (κ1) is 33.0. The molecule has 4 aromatic rings. The molecule has 0 saturated carbocycles. The number of benzene rings is 2. The van der Waals surface area contributed by atoms with Crippen LogP contribution in [0.5, 0.6) is 11.5 Å². The van der Waals surface area contributed by atoms with Gasteiger partial charge in [-0.15, -0.1) is 0 Å². The first-order chi connectivity index (χ1) is 23.3. The Morgan fingerprint density at radius 1 is 0.708 bits per heavy atom. The summed E-state index contributed by atoms with van der Waals surface area (Å²) in [5, 5.41) is 12.8. The average molecular weight is 653 g/mol. The number of pyridine rings is 2. The van der Waals surface area contributed by atoms with Gasteiger partial charge in [-0.05, 0) is 48.2 Å². The zero-order valence-corrected chi connectivity index (χ0v) is 27.5. The second-order valence-corrected chi connectivity index (χ2v) is 11.9. The molecule has 2 aliphatic heterocycles. The predicted molar refractivity (Wildman–Crippen MR) is 182 cm³/mol. The molecular formula is C36H40N6O6. The Bertz CT molecular complexity index is 1680. The van der Waals surface area contributed by atoms with Crippen molar-refractivity contribution in [3.05, 3.63) is 94.6 Å². The highest BCUT2D eigenvalue weighted by molar-refractivity contribution is 6.05. The van der Waals surface area contributed by atoms with Crippen molar-refractivity contribution in [3.63, 3.8) is 0 Å². The fourth-order valence-corrected chi connectivity index (χ4v) is 5.54. The summed E-state index contributed by atoms with van der Waals surface area (Å²) in [6, 6.07) is 15.4. The number of ether oxygens (including phenoxy) is 4. The van der Waals surface area contributed by atoms with Crippen LogP contribution in [0.1, 0.15) is 43.2 Å². The van der Waals surface area contributed by atoms with E-state index in [9.17, 15) is 9.59 Å². The highest BCUT2D eigenvalue weighted by atomic mass is 16.5. The maximum Gasteiger partial charge on any atom is 0.274 e. The lowest BCUT2D eigenvalue weighted by molar-refractivity contribution is -0.00588. The molecule has 2 saturated heterocycles. The molecular weight excluding hydrogens is 612 g/mol. The minimum Gasteiger partial charge on any atom is -0.496 e. The predicted octanol–water partition coefficient (Wildman–Crippen LogP) is 4.26. The SMILES string of the molecule is COc1cc(C(=O)Nc2cccc(-c3cccc(NC(=O)c4cc(OC)c(CNC5COC5)cn4)c3C)c2C)ncc1CNC1COC1. The molecule has 12 nitrogen and oxygen atoms in total. The molecule has 0 unspecified atom stereocenters. The Labute approximate surface area is 279 Å². The molecule has 0 atom stereocenters. The van der Waals surface area contributed by atoms with Crippen LogP contribution in [0.2, 0.25) is 0 Å². The van der Waals surface area contributed by atoms with Crippen molar-refractivity contribution < 1.29 is 28.5 Å². The summed E-state index contributed by atoms with van der Waals surface area (Å²) in [6.45, 7) is 7.78. The topological polar surface area (TPSA) is 145 Å². The van der Waals surface area contributed by atoms with Crippen molar-refractivity contribution in [2.24, 2.45) is 0 Å². The lowest BCUT2D eigenvalue weighted by Gasteiger charge is -2.27. The molecule has 12 heteroatoms. The molecule has 4 heterocycles. The van der Waals surface area contributed by atoms with Crippen LogP contribution in [0.15, 0.2) is 60.9 Å². The van der Waals surface area contributed by atoms with Crippen LogP contribution in [0.25, 0.3) is 11.1 Å². The minimum absolute atomic E-state index is 0.246. The van der Waals surface area contributed by atoms with E-state index in [0.717, 1.165) is 33.4 Å². The molecule has 2 aromatic heterocycles. The Morgan fingerprint density at radius 3 is 1.48 bits per heavy atom. The van der Waals surface area contributed by atoms with Gasteiger partial charge in [-0.25, -0.2) is 0 Å². The number of aromatic nitrogens is 2. The molecule has 2 aromatic carbocycles. The Morgan fingerprint density at radius 2 is 1.12 bits per heavy atom. The van der Waals surface area contributed by atoms with Crippen LogP contribution in [-0.2, 0) is 22.6 Å². The van der Waals surface area contributed by atoms with Gasteiger partial charge in [-0.1, -0.05) is 24.3 Å². The van der Waals surface area contributed by atoms with Gasteiger partial charge >= 0.3 is 0 Å². The van der Waals surface area contributed by atoms with Gasteiger partial charge in [0.25, 0.3) is 11.8 Å². The van der Waals surface area contributed by atoms with Crippen LogP contribution in [-0.4, -0.2) is 74.5 Å². The third-order valence-corrected chi connectivity index (χ3v) is 8.69. The number of anilines is 2. The summed E-state index contributed by atoms with van der Waals surface area (Å²) in [4.78, 5) is 35.4. The minimum atomic E-state index is -0.347. The molecule has 0 bridgehead atoms. The van der Waals surface area contributed by atoms with Crippen LogP contribution in [0.3, 0.4) is 0 Å². The fourth-order valence-electron chi connectivity index (χ4n) is 5.54. The summed E-state index contributed by atoms with van der Waals surface area (Å²) >= 11 is 0. The quantitative estimate of drug-likeness (QED) is 0.165. The lowest BCUT2D eigenvalue weighted by atomic mass is 9.94. The molecule has 6 rings (SSSR count). The third-order valence-electron chi connectivity index (χ3n) is 8.69. The van der Waals surface area contributed by atoms with Crippen LogP contribution >= 0.6 is 0 Å². The van der Waals surface area contributed by atoms with Gasteiger partial charge in [0.15, 0.2) is 0 Å². The van der Waals surface area contributed by atoms with Gasteiger partial charge in [0.2, 0.25) is 0 Å². The van der Waals surface area contributed by atoms with Gasteiger partial charge in [0.05, 0.1) is 52.7 Å². The number of nitrogens with zero attached hydrogens (tertiary/aromatic N) is 2. The second-order valence-electron chi connectivity index (χ2n) is 11.9. The number of carbonyl (C=O) groups excluding carboxylic acids is 2. The van der Waals surface area contributed by atoms with E-state index in [2.05, 4.69) is 31.2 Å². The van der Waals surface area contributed by atoms with E-state index >= 15 is 0 Å². The summed E-state index contributed by atoms with van der Waals surface area (Å²) in [5.74, 6) is 0.479. The maximum absolute atomic E-state index is 13.3. The third kappa shape index (κ3) is 7.32. The first-order valence-electron chi connectivity index (χ1n) is 15.8. The first-order valence-corrected chi connectivity index (χ1v) is 15.8. The normalized spacial score (nSPS) is 14.5. The largest absolute Gasteiger partial charge is 0.496 e. The molecule has 2 amide bonds. The van der Waals surface area contributed by atoms with Crippen LogP contribution in [0, 0.1) is 13.8 Å². The molecule has 48 heavy (non-hydrogen) atoms. The zero-order valence-electron chi connectivity index (χ0n) is 27.5. The number of hydrogen-bond acceptors (Lipinski definition) is 10. The monoisotopic (exact) mass is 652 g/mol. The standard InChI is InChI=1S/C36H40N6O6/c1-21-27(7-5-9-29(21)41-35(43)31-11-33(45-3)23(15-39-31)13-37-25-17-47-18-25)28-8-6-10-30(22(28)2)42-36(44)32-12-34(46-4)24(16-40-32)14-38-26-19-48-20-26/h5-12,15-16,25-26,37-38H,13-14,17-20H2,1-4H3,(H,41,43)(H,42,44). The average Bonchev–Trinajstić information content (AvgIpc) is 3.05. The van der Waals surface area contributed by atoms with Gasteiger partial charge in [-0.3, -0.25) is 19.6 Å². The highest BCUT2D eigenvalue weighted by Crippen LogP contribution is 2.34. The van der Waals surface area contributed by atoms with E-state index in [4.69, 9.17) is 18.9 Å². The van der Waals surface area contributed by atoms with E-state index in [-0.39, 0.29) is 23.2 Å². The van der Waals surface area contributed by atoms with E-state index < -0.39 is 0 Å². The zero-order chi connectivity index (χ0) is 33.6. The van der Waals surface area contributed by atoms with Crippen molar-refractivity contribution in [3.8, 4) is 22.6 Å². The van der Waals surface area contributed by atoms with Gasteiger partial charge in [0, 0.05) is 60.1 Å². The number of methoxy groups -OCH3 is 2. The number of rotatable bonds is 13. The molecule has 0 spiro atoms. The van der Waals surface area contributed by atoms with Crippen molar-refractivity contribution in [2.45, 2.75) is 39.0 Å². The second kappa shape index (κ2) is 14.9. The fraction of sp³-hybridized carbons (Fsp3) is 0.333. The Balaban J connectivity index is 1.16. The molecule has 4 N–H and O–H groups in total. The van der Waals surface area contributed by atoms with Gasteiger partial charge in [0.1, 0.15) is 22.9 Å². The van der Waals surface area contributed by atoms with E-state index in [0.29, 0.717) is 74.5 Å². The van der Waals surface area contributed by atoms with Gasteiger partial charge < -0.3 is 40.2 Å². The molecule has 250 valence electrons. The summed E-state index contributed by atoms with van der Waals surface area (Å²) in [5.41, 5.74) is 7.10. The smallest absolute Gasteiger partial charge is 0.274 e. The Kier molecular flexibility index (Phi) is 10.3.